The van der Waals surface area contributed by atoms with Gasteiger partial charge in [0.2, 0.25) is 0 Å². The van der Waals surface area contributed by atoms with Crippen LogP contribution in [0.25, 0.3) is 11.1 Å². The van der Waals surface area contributed by atoms with Crippen molar-refractivity contribution in [3.05, 3.63) is 52.4 Å². The molecule has 0 aliphatic rings. The number of aromatic carboxylic acids is 1. The lowest BCUT2D eigenvalue weighted by molar-refractivity contribution is 0.0696. The Kier molecular flexibility index (Phi) is 2.66. The molecule has 0 bridgehead atoms. The molecule has 1 aromatic heterocycles. The Hall–Kier alpha value is -2.56. The van der Waals surface area contributed by atoms with Gasteiger partial charge < -0.3 is 15.2 Å². The number of carboxylic acid groups (broad SMARTS) is 1. The molecule has 1 aromatic carbocycles. The molecule has 0 aliphatic heterocycles. The molecule has 86 valence electrons. The first kappa shape index (κ1) is 10.9. The third kappa shape index (κ3) is 2.17. The summed E-state index contributed by atoms with van der Waals surface area (Å²) in [5, 5.41) is 18.0. The second kappa shape index (κ2) is 4.13. The summed E-state index contributed by atoms with van der Waals surface area (Å²) in [7, 11) is 0. The largest absolute Gasteiger partial charge is 0.508 e. The summed E-state index contributed by atoms with van der Waals surface area (Å²) in [5.74, 6) is -1.03. The number of benzene rings is 1. The van der Waals surface area contributed by atoms with Gasteiger partial charge in [-0.15, -0.1) is 0 Å². The summed E-state index contributed by atoms with van der Waals surface area (Å²) < 4.78 is 0. The predicted molar refractivity (Wildman–Crippen MR) is 61.1 cm³/mol. The van der Waals surface area contributed by atoms with Crippen LogP contribution in [0, 0.1) is 0 Å². The second-order valence-electron chi connectivity index (χ2n) is 3.48. The summed E-state index contributed by atoms with van der Waals surface area (Å²) >= 11 is 0. The molecule has 0 radical (unpaired) electrons. The molecule has 0 unspecified atom stereocenters. The number of carbonyl (C=O) groups is 1. The van der Waals surface area contributed by atoms with E-state index in [1.807, 2.05) is 0 Å². The minimum Gasteiger partial charge on any atom is -0.508 e. The second-order valence-corrected chi connectivity index (χ2v) is 3.48. The predicted octanol–water partition coefficient (Wildman–Crippen LogP) is 1.45. The number of phenols is 1. The molecule has 0 fully saturated rings. The SMILES string of the molecule is O=C(O)c1c[nH]c(=O)c(-c2ccc(O)cc2)c1. The number of hydrogen-bond donors (Lipinski definition) is 3. The molecule has 0 saturated heterocycles. The van der Waals surface area contributed by atoms with Crippen molar-refractivity contribution in [2.75, 3.05) is 0 Å². The van der Waals surface area contributed by atoms with Crippen LogP contribution < -0.4 is 5.56 Å². The van der Waals surface area contributed by atoms with E-state index < -0.39 is 5.97 Å². The Labute approximate surface area is 96.0 Å². The third-order valence-corrected chi connectivity index (χ3v) is 2.33. The summed E-state index contributed by atoms with van der Waals surface area (Å²) in [6, 6.07) is 7.26. The van der Waals surface area contributed by atoms with Gasteiger partial charge in [-0.05, 0) is 23.8 Å². The maximum absolute atomic E-state index is 11.6. The summed E-state index contributed by atoms with van der Waals surface area (Å²) in [6.07, 6.45) is 1.15. The van der Waals surface area contributed by atoms with Crippen LogP contribution in [-0.2, 0) is 0 Å². The first-order valence-electron chi connectivity index (χ1n) is 4.83. The molecule has 0 amide bonds. The number of rotatable bonds is 2. The first-order chi connectivity index (χ1) is 8.08. The van der Waals surface area contributed by atoms with Crippen LogP contribution >= 0.6 is 0 Å². The Bertz CT molecular complexity index is 613. The number of aromatic hydroxyl groups is 1. The molecular formula is C12H9NO4. The van der Waals surface area contributed by atoms with E-state index in [2.05, 4.69) is 4.98 Å². The summed E-state index contributed by atoms with van der Waals surface area (Å²) in [5.41, 5.74) is 0.436. The van der Waals surface area contributed by atoms with Crippen LogP contribution in [0.2, 0.25) is 0 Å². The minimum atomic E-state index is -1.11. The van der Waals surface area contributed by atoms with Gasteiger partial charge in [0.05, 0.1) is 5.56 Å². The van der Waals surface area contributed by atoms with Gasteiger partial charge >= 0.3 is 5.97 Å². The normalized spacial score (nSPS) is 10.1. The molecule has 2 aromatic rings. The highest BCUT2D eigenvalue weighted by Gasteiger charge is 2.08. The van der Waals surface area contributed by atoms with Gasteiger partial charge in [0.15, 0.2) is 0 Å². The van der Waals surface area contributed by atoms with Gasteiger partial charge in [0.25, 0.3) is 5.56 Å². The maximum atomic E-state index is 11.6. The highest BCUT2D eigenvalue weighted by molar-refractivity contribution is 5.88. The van der Waals surface area contributed by atoms with Crippen LogP contribution in [0.1, 0.15) is 10.4 Å². The van der Waals surface area contributed by atoms with Crippen molar-refractivity contribution in [1.82, 2.24) is 4.98 Å². The van der Waals surface area contributed by atoms with Crippen molar-refractivity contribution in [3.63, 3.8) is 0 Å². The third-order valence-electron chi connectivity index (χ3n) is 2.33. The Morgan fingerprint density at radius 3 is 2.41 bits per heavy atom. The number of phenolic OH excluding ortho intramolecular Hbond substituents is 1. The molecule has 5 nitrogen and oxygen atoms in total. The minimum absolute atomic E-state index is 0.00711. The van der Waals surface area contributed by atoms with Crippen molar-refractivity contribution in [3.8, 4) is 16.9 Å². The van der Waals surface area contributed by atoms with Crippen molar-refractivity contribution in [2.24, 2.45) is 0 Å². The lowest BCUT2D eigenvalue weighted by atomic mass is 10.1. The van der Waals surface area contributed by atoms with E-state index in [1.54, 1.807) is 12.1 Å². The standard InChI is InChI=1S/C12H9NO4/c14-9-3-1-7(2-4-9)10-5-8(12(16)17)6-13-11(10)15/h1-6,14H,(H,13,15)(H,16,17). The van der Waals surface area contributed by atoms with Crippen LogP contribution in [0.3, 0.4) is 0 Å². The van der Waals surface area contributed by atoms with Crippen LogP contribution in [0.15, 0.2) is 41.3 Å². The van der Waals surface area contributed by atoms with Crippen LogP contribution in [0.4, 0.5) is 0 Å². The summed E-state index contributed by atoms with van der Waals surface area (Å²) in [4.78, 5) is 24.7. The number of hydrogen-bond acceptors (Lipinski definition) is 3. The van der Waals surface area contributed by atoms with E-state index in [1.165, 1.54) is 18.2 Å². The molecule has 3 N–H and O–H groups in total. The Morgan fingerprint density at radius 2 is 1.82 bits per heavy atom. The molecule has 0 spiro atoms. The van der Waals surface area contributed by atoms with E-state index in [-0.39, 0.29) is 22.4 Å². The van der Waals surface area contributed by atoms with Crippen molar-refractivity contribution in [1.29, 1.82) is 0 Å². The number of nitrogens with one attached hydrogen (secondary N) is 1. The zero-order valence-electron chi connectivity index (χ0n) is 8.68. The van der Waals surface area contributed by atoms with Crippen molar-refractivity contribution in [2.45, 2.75) is 0 Å². The average Bonchev–Trinajstić information content (AvgIpc) is 2.31. The highest BCUT2D eigenvalue weighted by atomic mass is 16.4. The average molecular weight is 231 g/mol. The molecule has 17 heavy (non-hydrogen) atoms. The van der Waals surface area contributed by atoms with Gasteiger partial charge in [0.1, 0.15) is 5.75 Å². The molecule has 0 atom stereocenters. The number of H-pyrrole nitrogens is 1. The van der Waals surface area contributed by atoms with E-state index in [9.17, 15) is 9.59 Å². The van der Waals surface area contributed by atoms with Crippen LogP contribution in [-0.4, -0.2) is 21.2 Å². The molecule has 5 heteroatoms. The number of aromatic amines is 1. The van der Waals surface area contributed by atoms with E-state index >= 15 is 0 Å². The number of pyridine rings is 1. The lowest BCUT2D eigenvalue weighted by Gasteiger charge is -2.02. The zero-order chi connectivity index (χ0) is 12.4. The fourth-order valence-corrected chi connectivity index (χ4v) is 1.46. The smallest absolute Gasteiger partial charge is 0.337 e. The Balaban J connectivity index is 2.58. The molecule has 2 rings (SSSR count). The quantitative estimate of drug-likeness (QED) is 0.729. The fraction of sp³-hybridized carbons (Fsp3) is 0. The molecule has 0 aliphatic carbocycles. The van der Waals surface area contributed by atoms with E-state index in [0.29, 0.717) is 5.56 Å². The fourth-order valence-electron chi connectivity index (χ4n) is 1.46. The monoisotopic (exact) mass is 231 g/mol. The topological polar surface area (TPSA) is 90.4 Å². The Morgan fingerprint density at radius 1 is 1.18 bits per heavy atom. The van der Waals surface area contributed by atoms with Gasteiger partial charge in [-0.1, -0.05) is 12.1 Å². The maximum Gasteiger partial charge on any atom is 0.337 e. The van der Waals surface area contributed by atoms with Crippen LogP contribution in [0.5, 0.6) is 5.75 Å². The van der Waals surface area contributed by atoms with E-state index in [4.69, 9.17) is 10.2 Å². The molecule has 1 heterocycles. The van der Waals surface area contributed by atoms with Crippen molar-refractivity contribution < 1.29 is 15.0 Å². The van der Waals surface area contributed by atoms with Gasteiger partial charge in [-0.25, -0.2) is 4.79 Å². The highest BCUT2D eigenvalue weighted by Crippen LogP contribution is 2.19. The number of carboxylic acids is 1. The van der Waals surface area contributed by atoms with Crippen molar-refractivity contribution >= 4 is 5.97 Å². The zero-order valence-corrected chi connectivity index (χ0v) is 8.68. The summed E-state index contributed by atoms with van der Waals surface area (Å²) in [6.45, 7) is 0. The molecule has 0 saturated carbocycles. The first-order valence-corrected chi connectivity index (χ1v) is 4.83. The lowest BCUT2D eigenvalue weighted by Crippen LogP contribution is -2.11. The van der Waals surface area contributed by atoms with Gasteiger partial charge in [0, 0.05) is 11.8 Å². The number of aromatic nitrogens is 1. The molecular weight excluding hydrogens is 222 g/mol. The van der Waals surface area contributed by atoms with E-state index in [0.717, 1.165) is 6.20 Å². The van der Waals surface area contributed by atoms with Gasteiger partial charge in [-0.2, -0.15) is 0 Å². The van der Waals surface area contributed by atoms with Gasteiger partial charge in [-0.3, -0.25) is 4.79 Å².